The van der Waals surface area contributed by atoms with Crippen molar-refractivity contribution in [1.29, 1.82) is 5.26 Å². The Bertz CT molecular complexity index is 866. The normalized spacial score (nSPS) is 15.4. The van der Waals surface area contributed by atoms with E-state index >= 15 is 0 Å². The van der Waals surface area contributed by atoms with Crippen LogP contribution in [0.4, 0.5) is 4.79 Å². The summed E-state index contributed by atoms with van der Waals surface area (Å²) in [7, 11) is 1.55. The maximum absolute atomic E-state index is 11.8. The van der Waals surface area contributed by atoms with E-state index < -0.39 is 11.7 Å². The number of aromatic hydroxyl groups is 1. The van der Waals surface area contributed by atoms with Gasteiger partial charge in [-0.1, -0.05) is 0 Å². The Kier molecular flexibility index (Phi) is 5.09. The minimum Gasteiger partial charge on any atom is -0.505 e. The van der Waals surface area contributed by atoms with Gasteiger partial charge in [-0.25, -0.2) is 9.78 Å². The average molecular weight is 372 g/mol. The lowest BCUT2D eigenvalue weighted by Crippen LogP contribution is -2.38. The van der Waals surface area contributed by atoms with Gasteiger partial charge in [-0.3, -0.25) is 0 Å². The van der Waals surface area contributed by atoms with Gasteiger partial charge in [-0.05, 0) is 61.8 Å². The molecule has 0 bridgehead atoms. The van der Waals surface area contributed by atoms with Crippen LogP contribution >= 0.6 is 11.5 Å². The van der Waals surface area contributed by atoms with Crippen molar-refractivity contribution in [3.63, 3.8) is 0 Å². The van der Waals surface area contributed by atoms with Crippen LogP contribution in [0.25, 0.3) is 10.6 Å². The highest BCUT2D eigenvalue weighted by Crippen LogP contribution is 2.40. The maximum atomic E-state index is 11.8. The summed E-state index contributed by atoms with van der Waals surface area (Å²) in [6.07, 6.45) is 3.77. The van der Waals surface area contributed by atoms with Crippen molar-refractivity contribution in [2.75, 3.05) is 7.05 Å². The number of hydrogen-bond acceptors (Lipinski definition) is 7. The smallest absolute Gasteiger partial charge is 0.407 e. The molecule has 3 rings (SSSR count). The maximum Gasteiger partial charge on any atom is 0.407 e. The molecule has 0 unspecified atom stereocenters. The van der Waals surface area contributed by atoms with E-state index in [-0.39, 0.29) is 11.4 Å². The molecule has 1 aliphatic carbocycles. The number of alkyl carbamates (subject to hydrolysis) is 1. The van der Waals surface area contributed by atoms with Gasteiger partial charge in [0.05, 0.1) is 16.3 Å². The molecule has 8 heteroatoms. The number of carbonyl (C=O) groups is 1. The summed E-state index contributed by atoms with van der Waals surface area (Å²) in [5.74, 6) is -0.144. The van der Waals surface area contributed by atoms with Gasteiger partial charge in [-0.2, -0.15) is 9.64 Å². The van der Waals surface area contributed by atoms with Gasteiger partial charge in [0, 0.05) is 13.5 Å². The minimum atomic E-state index is -0.544. The number of nitriles is 1. The Morgan fingerprint density at radius 1 is 1.46 bits per heavy atom. The second-order valence-electron chi connectivity index (χ2n) is 6.46. The van der Waals surface area contributed by atoms with Crippen molar-refractivity contribution < 1.29 is 14.6 Å². The van der Waals surface area contributed by atoms with Crippen LogP contribution in [0, 0.1) is 18.3 Å². The fourth-order valence-electron chi connectivity index (χ4n) is 3.36. The fraction of sp³-hybridized carbons (Fsp3) is 0.444. The quantitative estimate of drug-likeness (QED) is 0.852. The third-order valence-corrected chi connectivity index (χ3v) is 5.73. The summed E-state index contributed by atoms with van der Waals surface area (Å²) < 4.78 is 10.2. The van der Waals surface area contributed by atoms with Gasteiger partial charge in [0.2, 0.25) is 0 Å². The number of nitrogens with one attached hydrogen (secondary N) is 1. The Morgan fingerprint density at radius 2 is 2.19 bits per heavy atom. The summed E-state index contributed by atoms with van der Waals surface area (Å²) in [5.41, 5.74) is 1.87. The standard InChI is InChI=1S/C18H20N4O3S/c1-11-12(9-18(7-3-4-8-18)25-17(24)20-2)16(26-22-11)13-5-6-15(23)14(10-19)21-13/h5-6,23H,3-4,7-9H2,1-2H3,(H,20,24). The Balaban J connectivity index is 1.98. The Morgan fingerprint density at radius 3 is 2.85 bits per heavy atom. The van der Waals surface area contributed by atoms with Gasteiger partial charge in [0.25, 0.3) is 0 Å². The molecule has 26 heavy (non-hydrogen) atoms. The lowest BCUT2D eigenvalue weighted by atomic mass is 9.91. The molecule has 0 saturated heterocycles. The minimum absolute atomic E-state index is 0.0170. The third-order valence-electron chi connectivity index (χ3n) is 4.72. The van der Waals surface area contributed by atoms with Crippen molar-refractivity contribution in [2.24, 2.45) is 0 Å². The molecule has 1 fully saturated rings. The molecule has 0 spiro atoms. The SMILES string of the molecule is CNC(=O)OC1(Cc2c(C)nsc2-c2ccc(O)c(C#N)n2)CCCC1. The van der Waals surface area contributed by atoms with Crippen molar-refractivity contribution in [3.8, 4) is 22.4 Å². The topological polar surface area (TPSA) is 108 Å². The van der Waals surface area contributed by atoms with E-state index in [0.717, 1.165) is 41.8 Å². The first kappa shape index (κ1) is 18.1. The lowest BCUT2D eigenvalue weighted by Gasteiger charge is -2.29. The van der Waals surface area contributed by atoms with Crippen LogP contribution in [0.1, 0.15) is 42.6 Å². The highest BCUT2D eigenvalue weighted by atomic mass is 32.1. The van der Waals surface area contributed by atoms with Crippen LogP contribution in [0.5, 0.6) is 5.75 Å². The second-order valence-corrected chi connectivity index (χ2v) is 7.23. The molecule has 2 heterocycles. The molecule has 1 aliphatic rings. The predicted octanol–water partition coefficient (Wildman–Crippen LogP) is 3.30. The number of rotatable bonds is 4. The molecule has 2 aromatic rings. The highest BCUT2D eigenvalue weighted by Gasteiger charge is 2.39. The molecular formula is C18H20N4O3S. The van der Waals surface area contributed by atoms with E-state index in [1.165, 1.54) is 17.6 Å². The van der Waals surface area contributed by atoms with Crippen LogP contribution in [0.2, 0.25) is 0 Å². The summed E-state index contributed by atoms with van der Waals surface area (Å²) in [5, 5.41) is 21.3. The van der Waals surface area contributed by atoms with E-state index in [0.29, 0.717) is 12.1 Å². The lowest BCUT2D eigenvalue weighted by molar-refractivity contribution is 0.0173. The molecule has 0 aliphatic heterocycles. The molecule has 0 radical (unpaired) electrons. The third kappa shape index (κ3) is 3.48. The zero-order chi connectivity index (χ0) is 18.7. The first-order valence-corrected chi connectivity index (χ1v) is 9.22. The van der Waals surface area contributed by atoms with Crippen LogP contribution in [-0.4, -0.2) is 33.2 Å². The second kappa shape index (κ2) is 7.30. The zero-order valence-corrected chi connectivity index (χ0v) is 15.5. The summed E-state index contributed by atoms with van der Waals surface area (Å²) >= 11 is 1.30. The van der Waals surface area contributed by atoms with E-state index in [1.54, 1.807) is 13.1 Å². The molecule has 2 aromatic heterocycles. The van der Waals surface area contributed by atoms with E-state index in [9.17, 15) is 9.90 Å². The summed E-state index contributed by atoms with van der Waals surface area (Å²) in [6, 6.07) is 5.03. The number of aromatic nitrogens is 2. The van der Waals surface area contributed by atoms with Crippen molar-refractivity contribution in [3.05, 3.63) is 29.1 Å². The first-order valence-electron chi connectivity index (χ1n) is 8.44. The molecule has 7 nitrogen and oxygen atoms in total. The number of ether oxygens (including phenoxy) is 1. The van der Waals surface area contributed by atoms with E-state index in [2.05, 4.69) is 14.7 Å². The van der Waals surface area contributed by atoms with E-state index in [4.69, 9.17) is 10.00 Å². The Hall–Kier alpha value is -2.66. The highest BCUT2D eigenvalue weighted by molar-refractivity contribution is 7.09. The van der Waals surface area contributed by atoms with Gasteiger partial charge in [-0.15, -0.1) is 0 Å². The zero-order valence-electron chi connectivity index (χ0n) is 14.7. The van der Waals surface area contributed by atoms with E-state index in [1.807, 2.05) is 13.0 Å². The number of hydrogen-bond donors (Lipinski definition) is 2. The number of pyridine rings is 1. The van der Waals surface area contributed by atoms with Crippen LogP contribution in [0.3, 0.4) is 0 Å². The van der Waals surface area contributed by atoms with Crippen molar-refractivity contribution in [1.82, 2.24) is 14.7 Å². The van der Waals surface area contributed by atoms with Crippen molar-refractivity contribution in [2.45, 2.75) is 44.6 Å². The molecule has 2 N–H and O–H groups in total. The number of amides is 1. The van der Waals surface area contributed by atoms with Gasteiger partial charge < -0.3 is 15.2 Å². The number of nitrogens with zero attached hydrogens (tertiary/aromatic N) is 3. The summed E-state index contributed by atoms with van der Waals surface area (Å²) in [4.78, 5) is 16.9. The first-order chi connectivity index (χ1) is 12.5. The molecule has 1 saturated carbocycles. The van der Waals surface area contributed by atoms with Gasteiger partial charge in [0.1, 0.15) is 11.7 Å². The molecule has 136 valence electrons. The fourth-order valence-corrected chi connectivity index (χ4v) is 4.24. The largest absolute Gasteiger partial charge is 0.505 e. The van der Waals surface area contributed by atoms with Crippen LogP contribution < -0.4 is 5.32 Å². The van der Waals surface area contributed by atoms with Gasteiger partial charge in [0.15, 0.2) is 11.4 Å². The Labute approximate surface area is 155 Å². The van der Waals surface area contributed by atoms with Crippen LogP contribution in [-0.2, 0) is 11.2 Å². The molecule has 1 amide bonds. The number of aryl methyl sites for hydroxylation is 1. The van der Waals surface area contributed by atoms with Crippen LogP contribution in [0.15, 0.2) is 12.1 Å². The number of carbonyl (C=O) groups excluding carboxylic acids is 1. The predicted molar refractivity (Wildman–Crippen MR) is 96.9 cm³/mol. The molecular weight excluding hydrogens is 352 g/mol. The average Bonchev–Trinajstić information content (AvgIpc) is 3.23. The van der Waals surface area contributed by atoms with Crippen molar-refractivity contribution >= 4 is 17.6 Å². The molecule has 0 aromatic carbocycles. The monoisotopic (exact) mass is 372 g/mol. The summed E-state index contributed by atoms with van der Waals surface area (Å²) in [6.45, 7) is 1.92. The van der Waals surface area contributed by atoms with Gasteiger partial charge >= 0.3 is 6.09 Å². The molecule has 0 atom stereocenters.